The molecule has 0 saturated heterocycles. The molecule has 0 spiro atoms. The summed E-state index contributed by atoms with van der Waals surface area (Å²) < 4.78 is 6.65. The van der Waals surface area contributed by atoms with Gasteiger partial charge in [0.1, 0.15) is 11.2 Å². The van der Waals surface area contributed by atoms with Crippen molar-refractivity contribution >= 4 is 54.5 Å². The van der Waals surface area contributed by atoms with E-state index in [1.807, 2.05) is 12.3 Å². The number of benzene rings is 6. The molecule has 3 heteroatoms. The highest BCUT2D eigenvalue weighted by Crippen LogP contribution is 2.52. The van der Waals surface area contributed by atoms with Gasteiger partial charge in [-0.3, -0.25) is 4.98 Å². The summed E-state index contributed by atoms with van der Waals surface area (Å²) in [6, 6.07) is 45.6. The van der Waals surface area contributed by atoms with Crippen LogP contribution in [0.1, 0.15) is 25.0 Å². The zero-order chi connectivity index (χ0) is 30.6. The SMILES string of the molecule is CC1(C)c2ccccc2-c2c1ccc1c2oc2ccc(-c3ccc(-c4ccc5ccc6cccnc6c5n4)c4ccccc34)cc21. The Labute approximate surface area is 265 Å². The molecular formula is C43H28N2O. The predicted octanol–water partition coefficient (Wildman–Crippen LogP) is 11.5. The Morgan fingerprint density at radius 2 is 1.30 bits per heavy atom. The summed E-state index contributed by atoms with van der Waals surface area (Å²) in [6.07, 6.45) is 1.84. The predicted molar refractivity (Wildman–Crippen MR) is 190 cm³/mol. The molecule has 3 heterocycles. The van der Waals surface area contributed by atoms with Crippen molar-refractivity contribution < 1.29 is 4.42 Å². The molecule has 1 aliphatic carbocycles. The van der Waals surface area contributed by atoms with Crippen LogP contribution in [0.2, 0.25) is 0 Å². The number of fused-ring (bicyclic) bond motifs is 11. The first-order chi connectivity index (χ1) is 22.6. The second kappa shape index (κ2) is 9.12. The first kappa shape index (κ1) is 25.5. The van der Waals surface area contributed by atoms with Crippen LogP contribution in [0, 0.1) is 0 Å². The van der Waals surface area contributed by atoms with E-state index in [9.17, 15) is 0 Å². The molecule has 3 nitrogen and oxygen atoms in total. The lowest BCUT2D eigenvalue weighted by Crippen LogP contribution is -2.14. The highest BCUT2D eigenvalue weighted by Gasteiger charge is 2.37. The Morgan fingerprint density at radius 3 is 2.20 bits per heavy atom. The van der Waals surface area contributed by atoms with Crippen molar-refractivity contribution in [3.05, 3.63) is 145 Å². The van der Waals surface area contributed by atoms with Crippen LogP contribution in [0.4, 0.5) is 0 Å². The van der Waals surface area contributed by atoms with Crippen LogP contribution in [0.25, 0.3) is 88.0 Å². The van der Waals surface area contributed by atoms with E-state index in [-0.39, 0.29) is 5.41 Å². The summed E-state index contributed by atoms with van der Waals surface area (Å²) >= 11 is 0. The largest absolute Gasteiger partial charge is 0.455 e. The summed E-state index contributed by atoms with van der Waals surface area (Å²) in [6.45, 7) is 4.62. The molecule has 10 rings (SSSR count). The number of hydrogen-bond acceptors (Lipinski definition) is 3. The minimum absolute atomic E-state index is 0.0611. The van der Waals surface area contributed by atoms with Crippen molar-refractivity contribution in [3.8, 4) is 33.5 Å². The van der Waals surface area contributed by atoms with E-state index >= 15 is 0 Å². The highest BCUT2D eigenvalue weighted by molar-refractivity contribution is 6.14. The molecule has 3 aromatic heterocycles. The summed E-state index contributed by atoms with van der Waals surface area (Å²) in [7, 11) is 0. The third-order valence-electron chi connectivity index (χ3n) is 10.1. The Kier molecular flexibility index (Phi) is 5.06. The smallest absolute Gasteiger partial charge is 0.143 e. The lowest BCUT2D eigenvalue weighted by atomic mass is 9.82. The Hall–Kier alpha value is -5.80. The number of hydrogen-bond donors (Lipinski definition) is 0. The second-order valence-corrected chi connectivity index (χ2v) is 13.0. The molecule has 0 fully saturated rings. The van der Waals surface area contributed by atoms with Crippen LogP contribution >= 0.6 is 0 Å². The number of pyridine rings is 2. The van der Waals surface area contributed by atoms with Gasteiger partial charge in [0.2, 0.25) is 0 Å². The van der Waals surface area contributed by atoms with Crippen molar-refractivity contribution in [2.45, 2.75) is 19.3 Å². The first-order valence-electron chi connectivity index (χ1n) is 15.8. The monoisotopic (exact) mass is 588 g/mol. The zero-order valence-electron chi connectivity index (χ0n) is 25.5. The molecule has 0 atom stereocenters. The molecule has 46 heavy (non-hydrogen) atoms. The fourth-order valence-corrected chi connectivity index (χ4v) is 7.84. The maximum Gasteiger partial charge on any atom is 0.143 e. The fourth-order valence-electron chi connectivity index (χ4n) is 7.84. The van der Waals surface area contributed by atoms with Gasteiger partial charge in [0.05, 0.1) is 16.7 Å². The quantitative estimate of drug-likeness (QED) is 0.189. The number of rotatable bonds is 2. The maximum absolute atomic E-state index is 6.65. The molecule has 0 radical (unpaired) electrons. The number of nitrogens with zero attached hydrogens (tertiary/aromatic N) is 2. The van der Waals surface area contributed by atoms with Crippen LogP contribution < -0.4 is 0 Å². The average Bonchev–Trinajstić information content (AvgIpc) is 3.59. The highest BCUT2D eigenvalue weighted by atomic mass is 16.3. The van der Waals surface area contributed by atoms with Gasteiger partial charge in [-0.1, -0.05) is 117 Å². The topological polar surface area (TPSA) is 38.9 Å². The van der Waals surface area contributed by atoms with Crippen LogP contribution in [0.5, 0.6) is 0 Å². The molecule has 0 aliphatic heterocycles. The van der Waals surface area contributed by atoms with E-state index in [0.29, 0.717) is 0 Å². The average molecular weight is 589 g/mol. The van der Waals surface area contributed by atoms with Crippen LogP contribution in [0.3, 0.4) is 0 Å². The summed E-state index contributed by atoms with van der Waals surface area (Å²) in [4.78, 5) is 9.84. The minimum Gasteiger partial charge on any atom is -0.455 e. The van der Waals surface area contributed by atoms with Gasteiger partial charge < -0.3 is 4.42 Å². The van der Waals surface area contributed by atoms with E-state index < -0.39 is 0 Å². The van der Waals surface area contributed by atoms with Gasteiger partial charge in [-0.25, -0.2) is 4.98 Å². The molecule has 1 aliphatic rings. The van der Waals surface area contributed by atoms with Gasteiger partial charge in [0.25, 0.3) is 0 Å². The Balaban J connectivity index is 1.15. The first-order valence-corrected chi connectivity index (χ1v) is 15.8. The standard InChI is InChI=1S/C43H28N2O/c1-43(2)35-12-6-5-11-33(35)39-36(43)20-19-32-34-24-27(16-22-38(34)46-42(32)39)28-17-18-31(30-10-4-3-9-29(28)30)37-21-15-26-14-13-25-8-7-23-44-40(25)41(26)45-37/h3-24H,1-2H3. The number of aromatic nitrogens is 2. The molecule has 0 unspecified atom stereocenters. The van der Waals surface area contributed by atoms with Crippen molar-refractivity contribution in [2.75, 3.05) is 0 Å². The van der Waals surface area contributed by atoms with E-state index in [1.54, 1.807) is 0 Å². The van der Waals surface area contributed by atoms with E-state index in [4.69, 9.17) is 9.40 Å². The van der Waals surface area contributed by atoms with Gasteiger partial charge in [-0.05, 0) is 62.9 Å². The molecular weight excluding hydrogens is 560 g/mol. The van der Waals surface area contributed by atoms with Gasteiger partial charge in [-0.15, -0.1) is 0 Å². The van der Waals surface area contributed by atoms with Crippen LogP contribution in [-0.2, 0) is 5.41 Å². The van der Waals surface area contributed by atoms with Crippen LogP contribution in [0.15, 0.2) is 138 Å². The third-order valence-corrected chi connectivity index (χ3v) is 10.1. The molecule has 0 saturated carbocycles. The van der Waals surface area contributed by atoms with Gasteiger partial charge in [-0.2, -0.15) is 0 Å². The molecule has 0 bridgehead atoms. The molecule has 0 amide bonds. The molecule has 9 aromatic rings. The summed E-state index contributed by atoms with van der Waals surface area (Å²) in [5, 5.41) is 6.86. The van der Waals surface area contributed by atoms with E-state index in [0.717, 1.165) is 55.0 Å². The lowest BCUT2D eigenvalue weighted by Gasteiger charge is -2.21. The lowest BCUT2D eigenvalue weighted by molar-refractivity contribution is 0.653. The van der Waals surface area contributed by atoms with Crippen LogP contribution in [-0.4, -0.2) is 9.97 Å². The summed E-state index contributed by atoms with van der Waals surface area (Å²) in [5.41, 5.74) is 13.3. The van der Waals surface area contributed by atoms with Gasteiger partial charge in [0, 0.05) is 44.3 Å². The normalized spacial score (nSPS) is 13.6. The maximum atomic E-state index is 6.65. The Bertz CT molecular complexity index is 2730. The Morgan fingerprint density at radius 1 is 0.543 bits per heavy atom. The van der Waals surface area contributed by atoms with Crippen molar-refractivity contribution in [1.82, 2.24) is 9.97 Å². The third kappa shape index (κ3) is 3.43. The van der Waals surface area contributed by atoms with E-state index in [2.05, 4.69) is 140 Å². The summed E-state index contributed by atoms with van der Waals surface area (Å²) in [5.74, 6) is 0. The van der Waals surface area contributed by atoms with Gasteiger partial charge in [0.15, 0.2) is 0 Å². The fraction of sp³-hybridized carbons (Fsp3) is 0.0698. The van der Waals surface area contributed by atoms with Crippen molar-refractivity contribution in [1.29, 1.82) is 0 Å². The number of furan rings is 1. The zero-order valence-corrected chi connectivity index (χ0v) is 25.5. The minimum atomic E-state index is -0.0611. The van der Waals surface area contributed by atoms with Gasteiger partial charge >= 0.3 is 0 Å². The molecule has 0 N–H and O–H groups in total. The van der Waals surface area contributed by atoms with Crippen molar-refractivity contribution in [3.63, 3.8) is 0 Å². The molecule has 6 aromatic carbocycles. The second-order valence-electron chi connectivity index (χ2n) is 13.0. The van der Waals surface area contributed by atoms with Crippen molar-refractivity contribution in [2.24, 2.45) is 0 Å². The molecule has 216 valence electrons. The van der Waals surface area contributed by atoms with E-state index in [1.165, 1.54) is 44.2 Å².